The van der Waals surface area contributed by atoms with Gasteiger partial charge in [-0.1, -0.05) is 0 Å². The minimum Gasteiger partial charge on any atom is -0.494 e. The Labute approximate surface area is 170 Å². The average Bonchev–Trinajstić information content (AvgIpc) is 2.65. The van der Waals surface area contributed by atoms with Crippen molar-refractivity contribution in [1.82, 2.24) is 0 Å². The Morgan fingerprint density at radius 1 is 0.967 bits per heavy atom. The molecule has 1 unspecified atom stereocenters. The molecule has 2 rings (SSSR count). The summed E-state index contributed by atoms with van der Waals surface area (Å²) >= 11 is 0. The van der Waals surface area contributed by atoms with Gasteiger partial charge in [0.2, 0.25) is 23.1 Å². The second-order valence-corrected chi connectivity index (χ2v) is 7.20. The maximum Gasteiger partial charge on any atom is 0.300 e. The maximum atomic E-state index is 14.4. The Hall–Kier alpha value is -2.31. The first-order valence-corrected chi connectivity index (χ1v) is 10.3. The van der Waals surface area contributed by atoms with E-state index in [2.05, 4.69) is 0 Å². The highest BCUT2D eigenvalue weighted by Gasteiger charge is 2.35. The lowest BCUT2D eigenvalue weighted by atomic mass is 10.1. The van der Waals surface area contributed by atoms with Gasteiger partial charge in [-0.25, -0.2) is 8.78 Å². The van der Waals surface area contributed by atoms with Crippen LogP contribution in [0, 0.1) is 23.3 Å². The lowest BCUT2D eigenvalue weighted by Crippen LogP contribution is -2.23. The predicted octanol–water partition coefficient (Wildman–Crippen LogP) is 3.85. The Morgan fingerprint density at radius 2 is 1.53 bits per heavy atom. The Balaban J connectivity index is 2.63. The van der Waals surface area contributed by atoms with Crippen LogP contribution in [0.4, 0.5) is 17.6 Å². The summed E-state index contributed by atoms with van der Waals surface area (Å²) in [7, 11) is -5.59. The van der Waals surface area contributed by atoms with Gasteiger partial charge in [0, 0.05) is 13.0 Å². The Kier molecular flexibility index (Phi) is 7.72. The molecule has 0 amide bonds. The van der Waals surface area contributed by atoms with Crippen LogP contribution in [0.3, 0.4) is 0 Å². The topological polar surface area (TPSA) is 91.3 Å². The van der Waals surface area contributed by atoms with Crippen molar-refractivity contribution in [3.05, 3.63) is 46.6 Å². The molecule has 1 aliphatic carbocycles. The van der Waals surface area contributed by atoms with Crippen molar-refractivity contribution in [3.8, 4) is 5.75 Å². The number of halogens is 4. The van der Waals surface area contributed by atoms with Crippen molar-refractivity contribution in [2.75, 3.05) is 19.8 Å². The SMILES string of the molecule is CCOC1=CC(OCC)CC(OCC)=C1Oc1c(F)c(F)c(S(=O)(=O)O)c(F)c1F. The number of ether oxygens (including phenoxy) is 4. The Bertz CT molecular complexity index is 944. The van der Waals surface area contributed by atoms with Crippen LogP contribution in [0.5, 0.6) is 5.75 Å². The summed E-state index contributed by atoms with van der Waals surface area (Å²) in [5.74, 6) is -10.9. The first kappa shape index (κ1) is 24.0. The molecule has 0 saturated carbocycles. The largest absolute Gasteiger partial charge is 0.494 e. The standard InChI is InChI=1S/C18H20F4O7S/c1-4-26-9-7-10(27-5-2)16(11(8-9)28-6-3)29-17-12(19)14(21)18(30(23,24)25)15(22)13(17)20/h7,9H,4-6,8H2,1-3H3,(H,23,24,25). The van der Waals surface area contributed by atoms with Crippen LogP contribution in [0.15, 0.2) is 28.2 Å². The third-order valence-electron chi connectivity index (χ3n) is 3.84. The van der Waals surface area contributed by atoms with Gasteiger partial charge >= 0.3 is 10.1 Å². The molecule has 30 heavy (non-hydrogen) atoms. The summed E-state index contributed by atoms with van der Waals surface area (Å²) < 4.78 is 109. The highest BCUT2D eigenvalue weighted by atomic mass is 32.2. The molecule has 1 aliphatic rings. The minimum absolute atomic E-state index is 0.0420. The first-order valence-electron chi connectivity index (χ1n) is 8.90. The number of hydrogen-bond acceptors (Lipinski definition) is 6. The monoisotopic (exact) mass is 456 g/mol. The van der Waals surface area contributed by atoms with E-state index < -0.39 is 50.1 Å². The molecular formula is C18H20F4O7S. The fourth-order valence-corrected chi connectivity index (χ4v) is 3.35. The van der Waals surface area contributed by atoms with Gasteiger partial charge in [-0.2, -0.15) is 17.2 Å². The maximum absolute atomic E-state index is 14.4. The van der Waals surface area contributed by atoms with E-state index in [9.17, 15) is 26.0 Å². The van der Waals surface area contributed by atoms with E-state index in [4.69, 9.17) is 23.5 Å². The molecule has 0 aliphatic heterocycles. The molecule has 0 saturated heterocycles. The van der Waals surface area contributed by atoms with Gasteiger partial charge in [0.15, 0.2) is 22.3 Å². The lowest BCUT2D eigenvalue weighted by molar-refractivity contribution is 0.0640. The fraction of sp³-hybridized carbons (Fsp3) is 0.444. The summed E-state index contributed by atoms with van der Waals surface area (Å²) in [5.41, 5.74) is 0. The van der Waals surface area contributed by atoms with Gasteiger partial charge in [-0.15, -0.1) is 0 Å². The molecule has 0 heterocycles. The van der Waals surface area contributed by atoms with Crippen molar-refractivity contribution in [2.45, 2.75) is 38.2 Å². The molecule has 0 bridgehead atoms. The molecule has 0 aromatic heterocycles. The molecule has 0 spiro atoms. The van der Waals surface area contributed by atoms with E-state index >= 15 is 0 Å². The van der Waals surface area contributed by atoms with E-state index in [1.54, 1.807) is 20.8 Å². The van der Waals surface area contributed by atoms with Crippen molar-refractivity contribution < 1.29 is 49.5 Å². The van der Waals surface area contributed by atoms with Gasteiger partial charge < -0.3 is 18.9 Å². The molecular weight excluding hydrogens is 436 g/mol. The molecule has 1 aromatic carbocycles. The van der Waals surface area contributed by atoms with Gasteiger partial charge in [0.05, 0.1) is 19.3 Å². The second-order valence-electron chi connectivity index (χ2n) is 5.84. The van der Waals surface area contributed by atoms with E-state index in [0.29, 0.717) is 6.61 Å². The van der Waals surface area contributed by atoms with Crippen molar-refractivity contribution in [1.29, 1.82) is 0 Å². The lowest BCUT2D eigenvalue weighted by Gasteiger charge is -2.26. The molecule has 1 aromatic rings. The third kappa shape index (κ3) is 4.87. The summed E-state index contributed by atoms with van der Waals surface area (Å²) in [6.07, 6.45) is 1.00. The van der Waals surface area contributed by atoms with E-state index in [1.807, 2.05) is 0 Å². The minimum atomic E-state index is -5.59. The van der Waals surface area contributed by atoms with Gasteiger partial charge in [0.25, 0.3) is 0 Å². The highest BCUT2D eigenvalue weighted by Crippen LogP contribution is 2.37. The van der Waals surface area contributed by atoms with Crippen molar-refractivity contribution >= 4 is 10.1 Å². The normalized spacial score (nSPS) is 17.1. The zero-order chi connectivity index (χ0) is 22.6. The summed E-state index contributed by atoms with van der Waals surface area (Å²) in [6.45, 7) is 5.55. The van der Waals surface area contributed by atoms with Crippen molar-refractivity contribution in [2.24, 2.45) is 0 Å². The van der Waals surface area contributed by atoms with Crippen LogP contribution in [-0.4, -0.2) is 38.9 Å². The van der Waals surface area contributed by atoms with E-state index in [0.717, 1.165) is 0 Å². The van der Waals surface area contributed by atoms with Crippen LogP contribution in [0.2, 0.25) is 0 Å². The number of rotatable bonds is 9. The quantitative estimate of drug-likeness (QED) is 0.343. The Morgan fingerprint density at radius 3 is 2.00 bits per heavy atom. The first-order chi connectivity index (χ1) is 14.1. The van der Waals surface area contributed by atoms with E-state index in [-0.39, 0.29) is 36.9 Å². The average molecular weight is 456 g/mol. The van der Waals surface area contributed by atoms with Crippen LogP contribution in [-0.2, 0) is 24.3 Å². The molecule has 1 atom stereocenters. The molecule has 7 nitrogen and oxygen atoms in total. The van der Waals surface area contributed by atoms with Crippen LogP contribution in [0.25, 0.3) is 0 Å². The summed E-state index contributed by atoms with van der Waals surface area (Å²) in [5, 5.41) is 0. The molecule has 1 N–H and O–H groups in total. The number of benzene rings is 1. The van der Waals surface area contributed by atoms with E-state index in [1.165, 1.54) is 6.08 Å². The van der Waals surface area contributed by atoms with Gasteiger partial charge in [0.1, 0.15) is 5.76 Å². The zero-order valence-corrected chi connectivity index (χ0v) is 17.1. The fourth-order valence-electron chi connectivity index (χ4n) is 2.72. The molecule has 0 radical (unpaired) electrons. The molecule has 0 fully saturated rings. The smallest absolute Gasteiger partial charge is 0.300 e. The van der Waals surface area contributed by atoms with Crippen LogP contribution >= 0.6 is 0 Å². The third-order valence-corrected chi connectivity index (χ3v) is 4.72. The summed E-state index contributed by atoms with van der Waals surface area (Å²) in [4.78, 5) is -2.16. The van der Waals surface area contributed by atoms with Gasteiger partial charge in [-0.05, 0) is 26.8 Å². The van der Waals surface area contributed by atoms with Crippen molar-refractivity contribution in [3.63, 3.8) is 0 Å². The second kappa shape index (κ2) is 9.67. The number of hydrogen-bond donors (Lipinski definition) is 1. The zero-order valence-electron chi connectivity index (χ0n) is 16.3. The molecule has 168 valence electrons. The van der Waals surface area contributed by atoms with Crippen LogP contribution in [0.1, 0.15) is 27.2 Å². The predicted molar refractivity (Wildman–Crippen MR) is 95.1 cm³/mol. The molecule has 12 heteroatoms. The van der Waals surface area contributed by atoms with Gasteiger partial charge in [-0.3, -0.25) is 4.55 Å². The highest BCUT2D eigenvalue weighted by molar-refractivity contribution is 7.85. The van der Waals surface area contributed by atoms with Crippen LogP contribution < -0.4 is 4.74 Å². The summed E-state index contributed by atoms with van der Waals surface area (Å²) in [6, 6.07) is 0.